The molecule has 2 aromatic rings. The highest BCUT2D eigenvalue weighted by Gasteiger charge is 2.39. The van der Waals surface area contributed by atoms with Crippen LogP contribution in [0.1, 0.15) is 48.0 Å². The molecule has 2 heterocycles. The second-order valence-electron chi connectivity index (χ2n) is 6.04. The predicted octanol–water partition coefficient (Wildman–Crippen LogP) is 3.32. The minimum absolute atomic E-state index is 0.0573. The van der Waals surface area contributed by atoms with Gasteiger partial charge in [0.05, 0.1) is 0 Å². The predicted molar refractivity (Wildman–Crippen MR) is 75.6 cm³/mol. The van der Waals surface area contributed by atoms with Crippen LogP contribution in [0.25, 0.3) is 0 Å². The van der Waals surface area contributed by atoms with Crippen LogP contribution in [-0.4, -0.2) is 16.0 Å². The number of pyridine rings is 1. The molecule has 0 saturated heterocycles. The molecule has 23 heavy (non-hydrogen) atoms. The Kier molecular flexibility index (Phi) is 4.44. The van der Waals surface area contributed by atoms with Gasteiger partial charge in [-0.15, -0.1) is 0 Å². The lowest BCUT2D eigenvalue weighted by Crippen LogP contribution is -2.27. The molecule has 0 aromatic carbocycles. The number of nitrogens with zero attached hydrogens (tertiary/aromatic N) is 2. The van der Waals surface area contributed by atoms with E-state index in [0.29, 0.717) is 6.26 Å². The topological polar surface area (TPSA) is 68.0 Å². The van der Waals surface area contributed by atoms with Crippen molar-refractivity contribution in [3.8, 4) is 0 Å². The van der Waals surface area contributed by atoms with Gasteiger partial charge >= 0.3 is 6.18 Å². The van der Waals surface area contributed by atoms with Crippen molar-refractivity contribution in [3.05, 3.63) is 47.1 Å². The van der Waals surface area contributed by atoms with E-state index in [0.717, 1.165) is 11.1 Å². The highest BCUT2D eigenvalue weighted by molar-refractivity contribution is 5.95. The Morgan fingerprint density at radius 1 is 1.30 bits per heavy atom. The van der Waals surface area contributed by atoms with Crippen LogP contribution in [0.3, 0.4) is 0 Å². The standard InChI is InChI=1S/C15H16F3N3O2/c1-14(2,3)11-4-5-19-6-9(11)7-20-13(22)10-8-23-21-12(10)15(16,17)18/h4-6,8H,7H2,1-3H3,(H,20,22). The Bertz CT molecular complexity index is 702. The molecule has 0 fully saturated rings. The van der Waals surface area contributed by atoms with Gasteiger partial charge in [-0.05, 0) is 22.6 Å². The molecule has 2 rings (SSSR count). The normalized spacial score (nSPS) is 12.3. The van der Waals surface area contributed by atoms with Crippen LogP contribution in [-0.2, 0) is 18.1 Å². The Morgan fingerprint density at radius 3 is 2.61 bits per heavy atom. The smallest absolute Gasteiger partial charge is 0.363 e. The van der Waals surface area contributed by atoms with Crippen molar-refractivity contribution in [2.45, 2.75) is 38.9 Å². The molecule has 2 aromatic heterocycles. The number of rotatable bonds is 3. The highest BCUT2D eigenvalue weighted by atomic mass is 19.4. The molecule has 0 radical (unpaired) electrons. The van der Waals surface area contributed by atoms with E-state index in [4.69, 9.17) is 0 Å². The Hall–Kier alpha value is -2.38. The van der Waals surface area contributed by atoms with Crippen molar-refractivity contribution in [3.63, 3.8) is 0 Å². The van der Waals surface area contributed by atoms with E-state index in [2.05, 4.69) is 20.0 Å². The molecular weight excluding hydrogens is 311 g/mol. The molecule has 0 aliphatic heterocycles. The summed E-state index contributed by atoms with van der Waals surface area (Å²) in [6.45, 7) is 6.04. The van der Waals surface area contributed by atoms with Crippen LogP contribution in [0.15, 0.2) is 29.2 Å². The number of hydrogen-bond acceptors (Lipinski definition) is 4. The number of alkyl halides is 3. The number of nitrogens with one attached hydrogen (secondary N) is 1. The third kappa shape index (κ3) is 3.88. The summed E-state index contributed by atoms with van der Waals surface area (Å²) >= 11 is 0. The summed E-state index contributed by atoms with van der Waals surface area (Å²) in [5.41, 5.74) is -0.472. The quantitative estimate of drug-likeness (QED) is 0.939. The van der Waals surface area contributed by atoms with Crippen LogP contribution in [0, 0.1) is 0 Å². The van der Waals surface area contributed by atoms with E-state index in [1.165, 1.54) is 0 Å². The van der Waals surface area contributed by atoms with E-state index in [1.807, 2.05) is 26.8 Å². The lowest BCUT2D eigenvalue weighted by Gasteiger charge is -2.22. The maximum absolute atomic E-state index is 12.7. The maximum Gasteiger partial charge on any atom is 0.437 e. The Labute approximate surface area is 130 Å². The molecule has 0 spiro atoms. The first kappa shape index (κ1) is 17.0. The van der Waals surface area contributed by atoms with Crippen LogP contribution in [0.2, 0.25) is 0 Å². The molecule has 8 heteroatoms. The molecule has 0 saturated carbocycles. The van der Waals surface area contributed by atoms with E-state index in [1.54, 1.807) is 12.4 Å². The van der Waals surface area contributed by atoms with Crippen LogP contribution < -0.4 is 5.32 Å². The van der Waals surface area contributed by atoms with E-state index in [-0.39, 0.29) is 12.0 Å². The minimum Gasteiger partial charge on any atom is -0.363 e. The summed E-state index contributed by atoms with van der Waals surface area (Å²) in [5, 5.41) is 5.29. The summed E-state index contributed by atoms with van der Waals surface area (Å²) in [7, 11) is 0. The lowest BCUT2D eigenvalue weighted by atomic mass is 9.84. The third-order valence-electron chi connectivity index (χ3n) is 3.23. The third-order valence-corrected chi connectivity index (χ3v) is 3.23. The zero-order chi connectivity index (χ0) is 17.3. The fraction of sp³-hybridized carbons (Fsp3) is 0.400. The van der Waals surface area contributed by atoms with Gasteiger partial charge in [0.25, 0.3) is 5.91 Å². The van der Waals surface area contributed by atoms with Gasteiger partial charge in [0.2, 0.25) is 0 Å². The molecule has 0 aliphatic rings. The van der Waals surface area contributed by atoms with Gasteiger partial charge in [-0.2, -0.15) is 13.2 Å². The van der Waals surface area contributed by atoms with Crippen molar-refractivity contribution >= 4 is 5.91 Å². The number of hydrogen-bond donors (Lipinski definition) is 1. The zero-order valence-electron chi connectivity index (χ0n) is 12.9. The first-order valence-corrected chi connectivity index (χ1v) is 6.84. The number of carbonyl (C=O) groups is 1. The summed E-state index contributed by atoms with van der Waals surface area (Å²) in [6.07, 6.45) is -0.844. The van der Waals surface area contributed by atoms with Gasteiger partial charge in [-0.3, -0.25) is 9.78 Å². The summed E-state index contributed by atoms with van der Waals surface area (Å²) < 4.78 is 42.4. The van der Waals surface area contributed by atoms with Gasteiger partial charge in [-0.25, -0.2) is 0 Å². The van der Waals surface area contributed by atoms with E-state index >= 15 is 0 Å². The van der Waals surface area contributed by atoms with Gasteiger partial charge in [0.1, 0.15) is 11.8 Å². The molecule has 5 nitrogen and oxygen atoms in total. The molecule has 124 valence electrons. The van der Waals surface area contributed by atoms with Crippen LogP contribution in [0.4, 0.5) is 13.2 Å². The fourth-order valence-electron chi connectivity index (χ4n) is 2.17. The first-order chi connectivity index (χ1) is 10.6. The lowest BCUT2D eigenvalue weighted by molar-refractivity contribution is -0.143. The zero-order valence-corrected chi connectivity index (χ0v) is 12.9. The monoisotopic (exact) mass is 327 g/mol. The second-order valence-corrected chi connectivity index (χ2v) is 6.04. The molecule has 1 N–H and O–H groups in total. The molecule has 1 amide bonds. The number of halogens is 3. The average Bonchev–Trinajstić information content (AvgIpc) is 2.93. The van der Waals surface area contributed by atoms with Crippen molar-refractivity contribution in [2.24, 2.45) is 0 Å². The van der Waals surface area contributed by atoms with Gasteiger partial charge in [0.15, 0.2) is 5.69 Å². The molecule has 0 unspecified atom stereocenters. The summed E-state index contributed by atoms with van der Waals surface area (Å²) in [6, 6.07) is 1.82. The largest absolute Gasteiger partial charge is 0.437 e. The first-order valence-electron chi connectivity index (χ1n) is 6.84. The van der Waals surface area contributed by atoms with Gasteiger partial charge < -0.3 is 9.84 Å². The molecule has 0 aliphatic carbocycles. The van der Waals surface area contributed by atoms with Crippen molar-refractivity contribution in [2.75, 3.05) is 0 Å². The number of carbonyl (C=O) groups excluding carboxylic acids is 1. The van der Waals surface area contributed by atoms with Crippen LogP contribution >= 0.6 is 0 Å². The molecular formula is C15H16F3N3O2. The molecule has 0 bridgehead atoms. The summed E-state index contributed by atoms with van der Waals surface area (Å²) in [4.78, 5) is 16.0. The van der Waals surface area contributed by atoms with Crippen molar-refractivity contribution in [1.82, 2.24) is 15.5 Å². The van der Waals surface area contributed by atoms with Gasteiger partial charge in [0, 0.05) is 18.9 Å². The SMILES string of the molecule is CC(C)(C)c1ccncc1CNC(=O)c1conc1C(F)(F)F. The average molecular weight is 327 g/mol. The number of amides is 1. The molecule has 0 atom stereocenters. The second kappa shape index (κ2) is 6.02. The summed E-state index contributed by atoms with van der Waals surface area (Å²) in [5.74, 6) is -0.901. The number of aromatic nitrogens is 2. The van der Waals surface area contributed by atoms with E-state index < -0.39 is 23.3 Å². The van der Waals surface area contributed by atoms with E-state index in [9.17, 15) is 18.0 Å². The van der Waals surface area contributed by atoms with Crippen molar-refractivity contribution < 1.29 is 22.5 Å². The Balaban J connectivity index is 2.17. The Morgan fingerprint density at radius 2 is 2.00 bits per heavy atom. The fourth-order valence-corrected chi connectivity index (χ4v) is 2.17. The van der Waals surface area contributed by atoms with Crippen molar-refractivity contribution in [1.29, 1.82) is 0 Å². The highest BCUT2D eigenvalue weighted by Crippen LogP contribution is 2.30. The van der Waals surface area contributed by atoms with Crippen LogP contribution in [0.5, 0.6) is 0 Å². The van der Waals surface area contributed by atoms with Gasteiger partial charge in [-0.1, -0.05) is 25.9 Å². The minimum atomic E-state index is -4.75. The maximum atomic E-state index is 12.7.